The van der Waals surface area contributed by atoms with Crippen LogP contribution in [0.3, 0.4) is 0 Å². The molecule has 3 aromatic rings. The quantitative estimate of drug-likeness (QED) is 0.756. The van der Waals surface area contributed by atoms with E-state index in [0.717, 1.165) is 21.6 Å². The van der Waals surface area contributed by atoms with Crippen molar-refractivity contribution in [2.45, 2.75) is 6.54 Å². The summed E-state index contributed by atoms with van der Waals surface area (Å²) in [5.41, 5.74) is 2.92. The fraction of sp³-hybridized carbons (Fsp3) is 0.0769. The fourth-order valence-electron chi connectivity index (χ4n) is 1.78. The van der Waals surface area contributed by atoms with Crippen LogP contribution in [0.15, 0.2) is 53.5 Å². The maximum atomic E-state index is 4.52. The number of rotatable bonds is 3. The van der Waals surface area contributed by atoms with Crippen LogP contribution in [0, 0.1) is 0 Å². The van der Waals surface area contributed by atoms with Crippen LogP contribution in [0.25, 0.3) is 5.65 Å². The number of nitrogens with zero attached hydrogens (tertiary/aromatic N) is 3. The summed E-state index contributed by atoms with van der Waals surface area (Å²) in [6.45, 7) is 0.673. The van der Waals surface area contributed by atoms with Gasteiger partial charge in [0.1, 0.15) is 10.3 Å². The maximum absolute atomic E-state index is 4.52. The molecular weight excluding hydrogens is 292 g/mol. The molecular formula is C13H11BrN4. The van der Waals surface area contributed by atoms with E-state index in [-0.39, 0.29) is 0 Å². The minimum atomic E-state index is 0.673. The number of hydrogen-bond donors (Lipinski definition) is 1. The predicted molar refractivity (Wildman–Crippen MR) is 74.5 cm³/mol. The normalized spacial score (nSPS) is 10.7. The van der Waals surface area contributed by atoms with Gasteiger partial charge in [0, 0.05) is 18.6 Å². The Morgan fingerprint density at radius 3 is 3.00 bits per heavy atom. The summed E-state index contributed by atoms with van der Waals surface area (Å²) in [5.74, 6) is 0. The lowest BCUT2D eigenvalue weighted by Gasteiger charge is -2.04. The van der Waals surface area contributed by atoms with Crippen LogP contribution in [-0.2, 0) is 6.54 Å². The SMILES string of the molecule is Brc1ncccc1NCc1cn2ccccc2n1. The van der Waals surface area contributed by atoms with Crippen LogP contribution < -0.4 is 5.32 Å². The van der Waals surface area contributed by atoms with Gasteiger partial charge in [0.2, 0.25) is 0 Å². The second-order valence-corrected chi connectivity index (χ2v) is 4.64. The van der Waals surface area contributed by atoms with Gasteiger partial charge >= 0.3 is 0 Å². The molecule has 0 aliphatic rings. The number of nitrogens with one attached hydrogen (secondary N) is 1. The molecule has 18 heavy (non-hydrogen) atoms. The zero-order valence-electron chi connectivity index (χ0n) is 9.55. The number of aromatic nitrogens is 3. The molecule has 0 atom stereocenters. The number of hydrogen-bond acceptors (Lipinski definition) is 3. The summed E-state index contributed by atoms with van der Waals surface area (Å²) in [5, 5.41) is 3.30. The Labute approximate surface area is 113 Å². The zero-order chi connectivity index (χ0) is 12.4. The van der Waals surface area contributed by atoms with E-state index >= 15 is 0 Å². The Bertz CT molecular complexity index is 644. The summed E-state index contributed by atoms with van der Waals surface area (Å²) in [7, 11) is 0. The first-order chi connectivity index (χ1) is 8.83. The van der Waals surface area contributed by atoms with E-state index in [0.29, 0.717) is 6.54 Å². The molecule has 0 saturated heterocycles. The summed E-state index contributed by atoms with van der Waals surface area (Å²) >= 11 is 3.41. The number of pyridine rings is 2. The largest absolute Gasteiger partial charge is 0.377 e. The Morgan fingerprint density at radius 2 is 2.17 bits per heavy atom. The summed E-state index contributed by atoms with van der Waals surface area (Å²) in [4.78, 5) is 8.68. The van der Waals surface area contributed by atoms with Gasteiger partial charge in [-0.15, -0.1) is 0 Å². The predicted octanol–water partition coefficient (Wildman–Crippen LogP) is 3.10. The van der Waals surface area contributed by atoms with Gasteiger partial charge in [-0.3, -0.25) is 0 Å². The lowest BCUT2D eigenvalue weighted by molar-refractivity contribution is 1.07. The van der Waals surface area contributed by atoms with Crippen molar-refractivity contribution in [1.29, 1.82) is 0 Å². The standard InChI is InChI=1S/C13H11BrN4/c14-13-11(4-3-6-15-13)16-8-10-9-18-7-2-1-5-12(18)17-10/h1-7,9,16H,8H2. The third-order valence-electron chi connectivity index (χ3n) is 2.63. The van der Waals surface area contributed by atoms with Crippen molar-refractivity contribution >= 4 is 27.3 Å². The molecule has 0 aliphatic carbocycles. The molecule has 1 N–H and O–H groups in total. The second kappa shape index (κ2) is 4.78. The third kappa shape index (κ3) is 2.22. The topological polar surface area (TPSA) is 42.2 Å². The molecule has 5 heteroatoms. The Morgan fingerprint density at radius 1 is 1.22 bits per heavy atom. The van der Waals surface area contributed by atoms with Crippen molar-refractivity contribution in [1.82, 2.24) is 14.4 Å². The summed E-state index contributed by atoms with van der Waals surface area (Å²) < 4.78 is 2.82. The third-order valence-corrected chi connectivity index (χ3v) is 3.26. The number of anilines is 1. The smallest absolute Gasteiger partial charge is 0.137 e. The molecule has 0 unspecified atom stereocenters. The van der Waals surface area contributed by atoms with Crippen molar-refractivity contribution in [3.05, 3.63) is 59.2 Å². The first kappa shape index (κ1) is 11.2. The summed E-state index contributed by atoms with van der Waals surface area (Å²) in [6.07, 6.45) is 5.76. The highest BCUT2D eigenvalue weighted by Gasteiger charge is 2.02. The van der Waals surface area contributed by atoms with Crippen molar-refractivity contribution in [3.8, 4) is 0 Å². The lowest BCUT2D eigenvalue weighted by Crippen LogP contribution is -2.00. The number of halogens is 1. The van der Waals surface area contributed by atoms with Crippen molar-refractivity contribution in [2.75, 3.05) is 5.32 Å². The van der Waals surface area contributed by atoms with Crippen molar-refractivity contribution in [2.24, 2.45) is 0 Å². The van der Waals surface area contributed by atoms with Crippen LogP contribution in [0.1, 0.15) is 5.69 Å². The van der Waals surface area contributed by atoms with Gasteiger partial charge in [-0.25, -0.2) is 9.97 Å². The minimum Gasteiger partial charge on any atom is -0.377 e. The van der Waals surface area contributed by atoms with Crippen LogP contribution in [0.5, 0.6) is 0 Å². The molecule has 3 heterocycles. The van der Waals surface area contributed by atoms with Gasteiger partial charge in [-0.05, 0) is 40.2 Å². The van der Waals surface area contributed by atoms with Gasteiger partial charge in [-0.2, -0.15) is 0 Å². The number of fused-ring (bicyclic) bond motifs is 1. The first-order valence-corrected chi connectivity index (χ1v) is 6.39. The number of imidazole rings is 1. The second-order valence-electron chi connectivity index (χ2n) is 3.89. The molecule has 0 radical (unpaired) electrons. The van der Waals surface area contributed by atoms with Gasteiger partial charge in [0.15, 0.2) is 0 Å². The highest BCUT2D eigenvalue weighted by Crippen LogP contribution is 2.19. The summed E-state index contributed by atoms with van der Waals surface area (Å²) in [6, 6.07) is 9.84. The van der Waals surface area contributed by atoms with E-state index in [1.54, 1.807) is 6.20 Å². The van der Waals surface area contributed by atoms with Crippen LogP contribution >= 0.6 is 15.9 Å². The Kier molecular flexibility index (Phi) is 2.98. The van der Waals surface area contributed by atoms with Gasteiger partial charge < -0.3 is 9.72 Å². The van der Waals surface area contributed by atoms with Crippen LogP contribution in [0.4, 0.5) is 5.69 Å². The average Bonchev–Trinajstić information content (AvgIpc) is 2.80. The maximum Gasteiger partial charge on any atom is 0.137 e. The molecule has 3 aromatic heterocycles. The Balaban J connectivity index is 1.79. The first-order valence-electron chi connectivity index (χ1n) is 5.60. The molecule has 0 saturated carbocycles. The molecule has 0 fully saturated rings. The monoisotopic (exact) mass is 302 g/mol. The Hall–Kier alpha value is -1.88. The van der Waals surface area contributed by atoms with Crippen LogP contribution in [-0.4, -0.2) is 14.4 Å². The van der Waals surface area contributed by atoms with E-state index in [1.165, 1.54) is 0 Å². The zero-order valence-corrected chi connectivity index (χ0v) is 11.1. The van der Waals surface area contributed by atoms with Crippen LogP contribution in [0.2, 0.25) is 0 Å². The van der Waals surface area contributed by atoms with Crippen molar-refractivity contribution < 1.29 is 0 Å². The lowest BCUT2D eigenvalue weighted by atomic mass is 10.4. The molecule has 4 nitrogen and oxygen atoms in total. The van der Waals surface area contributed by atoms with E-state index in [2.05, 4.69) is 31.2 Å². The van der Waals surface area contributed by atoms with E-state index < -0.39 is 0 Å². The van der Waals surface area contributed by atoms with Gasteiger partial charge in [0.25, 0.3) is 0 Å². The van der Waals surface area contributed by atoms with Gasteiger partial charge in [0.05, 0.1) is 17.9 Å². The van der Waals surface area contributed by atoms with Crippen molar-refractivity contribution in [3.63, 3.8) is 0 Å². The van der Waals surface area contributed by atoms with E-state index in [9.17, 15) is 0 Å². The molecule has 0 spiro atoms. The highest BCUT2D eigenvalue weighted by atomic mass is 79.9. The average molecular weight is 303 g/mol. The van der Waals surface area contributed by atoms with E-state index in [1.807, 2.05) is 47.1 Å². The molecule has 0 aliphatic heterocycles. The van der Waals surface area contributed by atoms with Gasteiger partial charge in [-0.1, -0.05) is 6.07 Å². The molecule has 0 bridgehead atoms. The molecule has 0 amide bonds. The van der Waals surface area contributed by atoms with E-state index in [4.69, 9.17) is 0 Å². The molecule has 3 rings (SSSR count). The molecule has 90 valence electrons. The molecule has 0 aromatic carbocycles. The fourth-order valence-corrected chi connectivity index (χ4v) is 2.17. The highest BCUT2D eigenvalue weighted by molar-refractivity contribution is 9.10. The minimum absolute atomic E-state index is 0.673.